The maximum absolute atomic E-state index is 11.5. The van der Waals surface area contributed by atoms with Crippen LogP contribution in [0.1, 0.15) is 39.0 Å². The Morgan fingerprint density at radius 2 is 2.17 bits per heavy atom. The summed E-state index contributed by atoms with van der Waals surface area (Å²) in [7, 11) is 1.65. The van der Waals surface area contributed by atoms with Gasteiger partial charge in [0.2, 0.25) is 11.8 Å². The third-order valence-corrected chi connectivity index (χ3v) is 3.21. The van der Waals surface area contributed by atoms with E-state index in [-0.39, 0.29) is 17.7 Å². The summed E-state index contributed by atoms with van der Waals surface area (Å²) >= 11 is 0. The standard InChI is InChI=1S/C12H23N3O3/c1-9-8-11(17)15(12(9)18)7-5-3-4-6-10(16)14-13-2/h9,12-13,18H,3-8H2,1-2H3,(H,14,16). The van der Waals surface area contributed by atoms with Gasteiger partial charge in [-0.15, -0.1) is 0 Å². The number of hydrogen-bond donors (Lipinski definition) is 3. The van der Waals surface area contributed by atoms with Gasteiger partial charge in [-0.25, -0.2) is 5.43 Å². The van der Waals surface area contributed by atoms with Gasteiger partial charge in [0.1, 0.15) is 6.23 Å². The SMILES string of the molecule is CNNC(=O)CCCCCN1C(=O)CC(C)C1O. The predicted molar refractivity (Wildman–Crippen MR) is 67.2 cm³/mol. The molecule has 1 saturated heterocycles. The number of carbonyl (C=O) groups is 2. The molecule has 18 heavy (non-hydrogen) atoms. The van der Waals surface area contributed by atoms with E-state index in [2.05, 4.69) is 10.9 Å². The van der Waals surface area contributed by atoms with Crippen molar-refractivity contribution in [3.63, 3.8) is 0 Å². The number of carbonyl (C=O) groups excluding carboxylic acids is 2. The van der Waals surface area contributed by atoms with E-state index in [1.165, 1.54) is 0 Å². The van der Waals surface area contributed by atoms with Gasteiger partial charge >= 0.3 is 0 Å². The van der Waals surface area contributed by atoms with Crippen LogP contribution in [0, 0.1) is 5.92 Å². The predicted octanol–water partition coefficient (Wildman–Crippen LogP) is -0.0158. The Labute approximate surface area is 108 Å². The molecule has 0 aromatic heterocycles. The van der Waals surface area contributed by atoms with E-state index in [1.807, 2.05) is 6.92 Å². The molecule has 2 unspecified atom stereocenters. The Balaban J connectivity index is 2.11. The first kappa shape index (κ1) is 14.9. The van der Waals surface area contributed by atoms with Crippen LogP contribution in [-0.2, 0) is 9.59 Å². The summed E-state index contributed by atoms with van der Waals surface area (Å²) in [6, 6.07) is 0. The molecule has 1 fully saturated rings. The van der Waals surface area contributed by atoms with Gasteiger partial charge in [-0.2, -0.15) is 0 Å². The minimum absolute atomic E-state index is 0.0246. The second kappa shape index (κ2) is 7.33. The molecule has 1 aliphatic heterocycles. The normalized spacial score (nSPS) is 23.5. The third kappa shape index (κ3) is 4.27. The van der Waals surface area contributed by atoms with E-state index in [1.54, 1.807) is 11.9 Å². The monoisotopic (exact) mass is 257 g/mol. The maximum atomic E-state index is 11.5. The van der Waals surface area contributed by atoms with Gasteiger partial charge in [-0.3, -0.25) is 15.0 Å². The summed E-state index contributed by atoms with van der Waals surface area (Å²) in [5, 5.41) is 9.78. The van der Waals surface area contributed by atoms with Crippen molar-refractivity contribution in [2.45, 2.75) is 45.3 Å². The molecule has 0 spiro atoms. The van der Waals surface area contributed by atoms with Gasteiger partial charge in [0, 0.05) is 32.4 Å². The number of nitrogens with zero attached hydrogens (tertiary/aromatic N) is 1. The molecule has 2 amide bonds. The number of hydrogen-bond acceptors (Lipinski definition) is 4. The smallest absolute Gasteiger partial charge is 0.234 e. The molecule has 0 aromatic rings. The topological polar surface area (TPSA) is 81.7 Å². The molecule has 0 saturated carbocycles. The van der Waals surface area contributed by atoms with E-state index in [0.717, 1.165) is 19.3 Å². The highest BCUT2D eigenvalue weighted by molar-refractivity contribution is 5.78. The van der Waals surface area contributed by atoms with Gasteiger partial charge in [-0.05, 0) is 12.8 Å². The molecule has 3 N–H and O–H groups in total. The molecule has 6 heteroatoms. The molecule has 6 nitrogen and oxygen atoms in total. The molecule has 1 heterocycles. The fraction of sp³-hybridized carbons (Fsp3) is 0.833. The molecular formula is C12H23N3O3. The van der Waals surface area contributed by atoms with E-state index in [0.29, 0.717) is 19.4 Å². The van der Waals surface area contributed by atoms with E-state index in [9.17, 15) is 14.7 Å². The first-order valence-corrected chi connectivity index (χ1v) is 6.49. The number of nitrogens with one attached hydrogen (secondary N) is 2. The van der Waals surface area contributed by atoms with Crippen LogP contribution in [0.5, 0.6) is 0 Å². The second-order valence-electron chi connectivity index (χ2n) is 4.79. The first-order chi connectivity index (χ1) is 8.56. The summed E-state index contributed by atoms with van der Waals surface area (Å²) in [5.74, 6) is 0.0326. The van der Waals surface area contributed by atoms with Gasteiger partial charge in [-0.1, -0.05) is 13.3 Å². The van der Waals surface area contributed by atoms with Crippen LogP contribution in [0.3, 0.4) is 0 Å². The Hall–Kier alpha value is -1.14. The molecule has 0 aromatic carbocycles. The average Bonchev–Trinajstić information content (AvgIpc) is 2.55. The lowest BCUT2D eigenvalue weighted by molar-refractivity contribution is -0.133. The fourth-order valence-electron chi connectivity index (χ4n) is 2.16. The molecule has 0 radical (unpaired) electrons. The van der Waals surface area contributed by atoms with Crippen LogP contribution in [-0.4, -0.2) is 41.6 Å². The van der Waals surface area contributed by atoms with Crippen molar-refractivity contribution in [2.24, 2.45) is 5.92 Å². The van der Waals surface area contributed by atoms with E-state index in [4.69, 9.17) is 0 Å². The van der Waals surface area contributed by atoms with Crippen molar-refractivity contribution in [2.75, 3.05) is 13.6 Å². The summed E-state index contributed by atoms with van der Waals surface area (Å²) in [4.78, 5) is 24.2. The Kier molecular flexibility index (Phi) is 6.07. The van der Waals surface area contributed by atoms with Gasteiger partial charge < -0.3 is 10.0 Å². The van der Waals surface area contributed by atoms with Gasteiger partial charge in [0.15, 0.2) is 0 Å². The van der Waals surface area contributed by atoms with Crippen LogP contribution in [0.25, 0.3) is 0 Å². The number of hydrazine groups is 1. The number of aliphatic hydroxyl groups is 1. The first-order valence-electron chi connectivity index (χ1n) is 6.49. The summed E-state index contributed by atoms with van der Waals surface area (Å²) in [5.41, 5.74) is 5.09. The number of unbranched alkanes of at least 4 members (excludes halogenated alkanes) is 2. The van der Waals surface area contributed by atoms with Crippen molar-refractivity contribution in [3.05, 3.63) is 0 Å². The lowest BCUT2D eigenvalue weighted by Crippen LogP contribution is -2.35. The fourth-order valence-corrected chi connectivity index (χ4v) is 2.16. The Morgan fingerprint density at radius 3 is 2.72 bits per heavy atom. The Bertz CT molecular complexity index is 296. The van der Waals surface area contributed by atoms with Crippen LogP contribution in [0.2, 0.25) is 0 Å². The lowest BCUT2D eigenvalue weighted by atomic mass is 10.1. The zero-order valence-electron chi connectivity index (χ0n) is 11.1. The molecule has 104 valence electrons. The summed E-state index contributed by atoms with van der Waals surface area (Å²) in [6.45, 7) is 2.46. The highest BCUT2D eigenvalue weighted by atomic mass is 16.3. The zero-order valence-corrected chi connectivity index (χ0v) is 11.1. The highest BCUT2D eigenvalue weighted by Gasteiger charge is 2.34. The van der Waals surface area contributed by atoms with Crippen LogP contribution < -0.4 is 10.9 Å². The van der Waals surface area contributed by atoms with Gasteiger partial charge in [0.25, 0.3) is 0 Å². The molecule has 2 atom stereocenters. The van der Waals surface area contributed by atoms with E-state index >= 15 is 0 Å². The van der Waals surface area contributed by atoms with Gasteiger partial charge in [0.05, 0.1) is 0 Å². The summed E-state index contributed by atoms with van der Waals surface area (Å²) < 4.78 is 0. The molecule has 0 aliphatic carbocycles. The Morgan fingerprint density at radius 1 is 1.44 bits per heavy atom. The maximum Gasteiger partial charge on any atom is 0.234 e. The average molecular weight is 257 g/mol. The number of amides is 2. The zero-order chi connectivity index (χ0) is 13.5. The largest absolute Gasteiger partial charge is 0.373 e. The van der Waals surface area contributed by atoms with Crippen molar-refractivity contribution in [1.29, 1.82) is 0 Å². The number of aliphatic hydroxyl groups excluding tert-OH is 1. The third-order valence-electron chi connectivity index (χ3n) is 3.21. The minimum atomic E-state index is -0.634. The lowest BCUT2D eigenvalue weighted by Gasteiger charge is -2.21. The number of likely N-dealkylation sites (tertiary alicyclic amines) is 1. The van der Waals surface area contributed by atoms with E-state index < -0.39 is 6.23 Å². The van der Waals surface area contributed by atoms with Crippen molar-refractivity contribution >= 4 is 11.8 Å². The van der Waals surface area contributed by atoms with Crippen LogP contribution in [0.15, 0.2) is 0 Å². The molecule has 1 aliphatic rings. The van der Waals surface area contributed by atoms with Crippen LogP contribution >= 0.6 is 0 Å². The molecule has 1 rings (SSSR count). The molecule has 0 bridgehead atoms. The second-order valence-corrected chi connectivity index (χ2v) is 4.79. The van der Waals surface area contributed by atoms with Crippen molar-refractivity contribution < 1.29 is 14.7 Å². The quantitative estimate of drug-likeness (QED) is 0.442. The van der Waals surface area contributed by atoms with Crippen molar-refractivity contribution in [1.82, 2.24) is 15.8 Å². The minimum Gasteiger partial charge on any atom is -0.373 e. The molecular weight excluding hydrogens is 234 g/mol. The highest BCUT2D eigenvalue weighted by Crippen LogP contribution is 2.23. The number of rotatable bonds is 7. The van der Waals surface area contributed by atoms with Crippen molar-refractivity contribution in [3.8, 4) is 0 Å². The summed E-state index contributed by atoms with van der Waals surface area (Å²) in [6.07, 6.45) is 2.77. The van der Waals surface area contributed by atoms with Crippen LogP contribution in [0.4, 0.5) is 0 Å².